The molecule has 2 rings (SSSR count). The summed E-state index contributed by atoms with van der Waals surface area (Å²) in [7, 11) is 0. The van der Waals surface area contributed by atoms with Crippen molar-refractivity contribution < 1.29 is 4.79 Å². The maximum Gasteiger partial charge on any atom is 0.223 e. The van der Waals surface area contributed by atoms with Crippen LogP contribution in [0.4, 0.5) is 0 Å². The van der Waals surface area contributed by atoms with Gasteiger partial charge >= 0.3 is 0 Å². The van der Waals surface area contributed by atoms with E-state index in [0.717, 1.165) is 25.3 Å². The first-order chi connectivity index (χ1) is 9.92. The summed E-state index contributed by atoms with van der Waals surface area (Å²) in [5.74, 6) is 1.36. The normalized spacial score (nSPS) is 34.5. The molecule has 0 aromatic carbocycles. The Bertz CT molecular complexity index is 345. The summed E-state index contributed by atoms with van der Waals surface area (Å²) in [6.45, 7) is 10.3. The zero-order valence-corrected chi connectivity index (χ0v) is 14.4. The smallest absolute Gasteiger partial charge is 0.223 e. The van der Waals surface area contributed by atoms with Gasteiger partial charge < -0.3 is 10.6 Å². The van der Waals surface area contributed by atoms with Gasteiger partial charge in [-0.1, -0.05) is 27.2 Å². The van der Waals surface area contributed by atoms with E-state index in [1.165, 1.54) is 32.1 Å². The minimum Gasteiger partial charge on any atom is -0.353 e. The van der Waals surface area contributed by atoms with Gasteiger partial charge in [0.25, 0.3) is 0 Å². The van der Waals surface area contributed by atoms with Crippen molar-refractivity contribution in [2.75, 3.05) is 6.54 Å². The fourth-order valence-electron chi connectivity index (χ4n) is 4.00. The number of rotatable bonds is 4. The van der Waals surface area contributed by atoms with Crippen molar-refractivity contribution >= 4 is 5.91 Å². The summed E-state index contributed by atoms with van der Waals surface area (Å²) in [5.41, 5.74) is 0.458. The second-order valence-corrected chi connectivity index (χ2v) is 7.98. The second kappa shape index (κ2) is 7.13. The van der Waals surface area contributed by atoms with E-state index in [9.17, 15) is 4.79 Å². The van der Waals surface area contributed by atoms with Crippen molar-refractivity contribution in [1.82, 2.24) is 10.6 Å². The highest BCUT2D eigenvalue weighted by atomic mass is 16.1. The van der Waals surface area contributed by atoms with Crippen molar-refractivity contribution in [3.05, 3.63) is 0 Å². The Kier molecular flexibility index (Phi) is 5.70. The number of nitrogens with one attached hydrogen (secondary N) is 2. The van der Waals surface area contributed by atoms with E-state index in [2.05, 4.69) is 38.3 Å². The van der Waals surface area contributed by atoms with Crippen LogP contribution in [0.2, 0.25) is 0 Å². The molecule has 21 heavy (non-hydrogen) atoms. The molecule has 3 nitrogen and oxygen atoms in total. The molecule has 3 heteroatoms. The van der Waals surface area contributed by atoms with Crippen LogP contribution in [0.5, 0.6) is 0 Å². The zero-order chi connectivity index (χ0) is 15.5. The lowest BCUT2D eigenvalue weighted by atomic mass is 9.69. The topological polar surface area (TPSA) is 41.1 Å². The Morgan fingerprint density at radius 2 is 1.86 bits per heavy atom. The van der Waals surface area contributed by atoms with Gasteiger partial charge in [-0.15, -0.1) is 0 Å². The van der Waals surface area contributed by atoms with E-state index in [0.29, 0.717) is 23.4 Å². The van der Waals surface area contributed by atoms with Crippen LogP contribution in [-0.2, 0) is 4.79 Å². The van der Waals surface area contributed by atoms with Crippen LogP contribution in [0.1, 0.15) is 72.6 Å². The monoisotopic (exact) mass is 294 g/mol. The van der Waals surface area contributed by atoms with Gasteiger partial charge in [0, 0.05) is 18.0 Å². The lowest BCUT2D eigenvalue weighted by molar-refractivity contribution is -0.127. The van der Waals surface area contributed by atoms with Gasteiger partial charge in [0.1, 0.15) is 0 Å². The second-order valence-electron chi connectivity index (χ2n) is 7.98. The van der Waals surface area contributed by atoms with Crippen molar-refractivity contribution in [3.8, 4) is 0 Å². The Morgan fingerprint density at radius 3 is 2.43 bits per heavy atom. The molecule has 2 unspecified atom stereocenters. The quantitative estimate of drug-likeness (QED) is 0.833. The van der Waals surface area contributed by atoms with Gasteiger partial charge in [-0.2, -0.15) is 0 Å². The minimum absolute atomic E-state index is 0.228. The molecular formula is C18H34N2O. The van der Waals surface area contributed by atoms with E-state index in [1.807, 2.05) is 0 Å². The Balaban J connectivity index is 1.77. The van der Waals surface area contributed by atoms with Gasteiger partial charge in [0.15, 0.2) is 0 Å². The van der Waals surface area contributed by atoms with Gasteiger partial charge in [-0.3, -0.25) is 4.79 Å². The highest BCUT2D eigenvalue weighted by Gasteiger charge is 2.33. The molecule has 1 amide bonds. The van der Waals surface area contributed by atoms with Crippen LogP contribution in [0.15, 0.2) is 0 Å². The lowest BCUT2D eigenvalue weighted by Gasteiger charge is -2.39. The standard InChI is InChI=1S/C18H34N2O/c1-5-18(3,4)15-6-8-16(9-7-15)20-17(21)14-10-11-19-13(2)12-14/h13-16,19H,5-12H2,1-4H3,(H,20,21). The molecule has 2 fully saturated rings. The third kappa shape index (κ3) is 4.45. The zero-order valence-electron chi connectivity index (χ0n) is 14.4. The fourth-order valence-corrected chi connectivity index (χ4v) is 4.00. The maximum atomic E-state index is 12.4. The van der Waals surface area contributed by atoms with E-state index >= 15 is 0 Å². The number of hydrogen-bond acceptors (Lipinski definition) is 2. The van der Waals surface area contributed by atoms with Crippen molar-refractivity contribution in [1.29, 1.82) is 0 Å². The Hall–Kier alpha value is -0.570. The van der Waals surface area contributed by atoms with Crippen LogP contribution in [0.25, 0.3) is 0 Å². The van der Waals surface area contributed by atoms with Crippen molar-refractivity contribution in [2.45, 2.75) is 84.7 Å². The van der Waals surface area contributed by atoms with E-state index in [1.54, 1.807) is 0 Å². The molecular weight excluding hydrogens is 260 g/mol. The molecule has 0 spiro atoms. The van der Waals surface area contributed by atoms with Crippen LogP contribution in [0.3, 0.4) is 0 Å². The Labute approximate surface area is 130 Å². The van der Waals surface area contributed by atoms with Gasteiger partial charge in [0.05, 0.1) is 0 Å². The van der Waals surface area contributed by atoms with E-state index < -0.39 is 0 Å². The molecule has 1 aliphatic heterocycles. The number of hydrogen-bond donors (Lipinski definition) is 2. The van der Waals surface area contributed by atoms with Crippen LogP contribution in [-0.4, -0.2) is 24.5 Å². The third-order valence-corrected chi connectivity index (χ3v) is 6.08. The van der Waals surface area contributed by atoms with Crippen LogP contribution < -0.4 is 10.6 Å². The van der Waals surface area contributed by atoms with Gasteiger partial charge in [0.2, 0.25) is 5.91 Å². The SMILES string of the molecule is CCC(C)(C)C1CCC(NC(=O)C2CCNC(C)C2)CC1. The molecule has 0 bridgehead atoms. The molecule has 1 aliphatic carbocycles. The first-order valence-electron chi connectivity index (χ1n) is 8.96. The summed E-state index contributed by atoms with van der Waals surface area (Å²) in [6.07, 6.45) is 8.11. The molecule has 2 atom stereocenters. The number of carbonyl (C=O) groups excluding carboxylic acids is 1. The predicted molar refractivity (Wildman–Crippen MR) is 88.1 cm³/mol. The number of carbonyl (C=O) groups is 1. The summed E-state index contributed by atoms with van der Waals surface area (Å²) < 4.78 is 0. The molecule has 0 aromatic rings. The highest BCUT2D eigenvalue weighted by molar-refractivity contribution is 5.79. The number of piperidine rings is 1. The first kappa shape index (κ1) is 16.8. The van der Waals surface area contributed by atoms with Gasteiger partial charge in [-0.05, 0) is 63.3 Å². The lowest BCUT2D eigenvalue weighted by Crippen LogP contribution is -2.46. The van der Waals surface area contributed by atoms with Crippen molar-refractivity contribution in [2.24, 2.45) is 17.3 Å². The van der Waals surface area contributed by atoms with E-state index in [-0.39, 0.29) is 5.92 Å². The molecule has 2 aliphatic rings. The molecule has 0 radical (unpaired) electrons. The summed E-state index contributed by atoms with van der Waals surface area (Å²) in [6, 6.07) is 0.905. The average Bonchev–Trinajstić information content (AvgIpc) is 2.48. The van der Waals surface area contributed by atoms with Gasteiger partial charge in [-0.25, -0.2) is 0 Å². The molecule has 1 saturated heterocycles. The Morgan fingerprint density at radius 1 is 1.19 bits per heavy atom. The molecule has 1 heterocycles. The maximum absolute atomic E-state index is 12.4. The number of amides is 1. The highest BCUT2D eigenvalue weighted by Crippen LogP contribution is 2.40. The third-order valence-electron chi connectivity index (χ3n) is 6.08. The first-order valence-corrected chi connectivity index (χ1v) is 8.96. The van der Waals surface area contributed by atoms with Crippen LogP contribution >= 0.6 is 0 Å². The molecule has 0 aromatic heterocycles. The summed E-state index contributed by atoms with van der Waals surface area (Å²) in [5, 5.41) is 6.75. The summed E-state index contributed by atoms with van der Waals surface area (Å²) >= 11 is 0. The fraction of sp³-hybridized carbons (Fsp3) is 0.944. The molecule has 2 N–H and O–H groups in total. The summed E-state index contributed by atoms with van der Waals surface area (Å²) in [4.78, 5) is 12.4. The molecule has 1 saturated carbocycles. The van der Waals surface area contributed by atoms with Crippen molar-refractivity contribution in [3.63, 3.8) is 0 Å². The largest absolute Gasteiger partial charge is 0.353 e. The minimum atomic E-state index is 0.228. The van der Waals surface area contributed by atoms with Crippen LogP contribution in [0, 0.1) is 17.3 Å². The predicted octanol–water partition coefficient (Wildman–Crippen LogP) is 3.49. The van der Waals surface area contributed by atoms with E-state index in [4.69, 9.17) is 0 Å². The molecule has 122 valence electrons. The average molecular weight is 294 g/mol.